The Morgan fingerprint density at radius 3 is 2.76 bits per heavy atom. The maximum absolute atomic E-state index is 14.6. The van der Waals surface area contributed by atoms with Gasteiger partial charge in [-0.15, -0.1) is 0 Å². The van der Waals surface area contributed by atoms with Crippen LogP contribution in [0.1, 0.15) is 58.4 Å². The third-order valence-corrected chi connectivity index (χ3v) is 8.54. The molecule has 0 unspecified atom stereocenters. The average molecular weight is 617 g/mol. The summed E-state index contributed by atoms with van der Waals surface area (Å²) in [6.07, 6.45) is 6.14. The Kier molecular flexibility index (Phi) is 9.13. The molecule has 1 fully saturated rings. The van der Waals surface area contributed by atoms with Gasteiger partial charge < -0.3 is 29.7 Å². The van der Waals surface area contributed by atoms with Crippen LogP contribution in [0.4, 0.5) is 4.39 Å². The van der Waals surface area contributed by atoms with Crippen molar-refractivity contribution in [2.45, 2.75) is 63.6 Å². The lowest BCUT2D eigenvalue weighted by molar-refractivity contribution is -0.125. The number of benzene rings is 2. The number of carbonyl (C=O) groups excluding carboxylic acids is 3. The fraction of sp³-hybridized carbons (Fsp3) is 0.412. The first-order valence-corrected chi connectivity index (χ1v) is 15.4. The molecule has 45 heavy (non-hydrogen) atoms. The van der Waals surface area contributed by atoms with Gasteiger partial charge in [0.05, 0.1) is 18.7 Å². The lowest BCUT2D eigenvalue weighted by Crippen LogP contribution is -2.58. The van der Waals surface area contributed by atoms with Gasteiger partial charge in [0.2, 0.25) is 5.91 Å². The Hall–Kier alpha value is -4.67. The van der Waals surface area contributed by atoms with Gasteiger partial charge in [-0.1, -0.05) is 6.07 Å². The molecule has 2 aromatic carbocycles. The average Bonchev–Trinajstić information content (AvgIpc) is 3.05. The van der Waals surface area contributed by atoms with Crippen LogP contribution < -0.4 is 24.8 Å². The summed E-state index contributed by atoms with van der Waals surface area (Å²) in [6, 6.07) is 11.0. The van der Waals surface area contributed by atoms with E-state index < -0.39 is 23.9 Å². The van der Waals surface area contributed by atoms with Crippen molar-refractivity contribution in [2.24, 2.45) is 0 Å². The highest BCUT2D eigenvalue weighted by Gasteiger charge is 2.35. The van der Waals surface area contributed by atoms with Crippen LogP contribution in [-0.2, 0) is 35.4 Å². The van der Waals surface area contributed by atoms with E-state index >= 15 is 0 Å². The summed E-state index contributed by atoms with van der Waals surface area (Å²) in [6.45, 7) is 0.386. The van der Waals surface area contributed by atoms with Crippen LogP contribution in [0.15, 0.2) is 48.7 Å². The largest absolute Gasteiger partial charge is 0.493 e. The Morgan fingerprint density at radius 2 is 1.89 bits per heavy atom. The summed E-state index contributed by atoms with van der Waals surface area (Å²) in [7, 11) is 1.51. The predicted molar refractivity (Wildman–Crippen MR) is 163 cm³/mol. The van der Waals surface area contributed by atoms with Crippen LogP contribution in [0.5, 0.6) is 17.2 Å². The Bertz CT molecular complexity index is 1600. The SMILES string of the molecule is COc1ccc2cc1OCC(=O)N[C@@H]1CN(C(=O)c3cnc4c(c3)CCCC4)CC[C@H]1Oc1cc(F)cc(c1)CNC(=O)CC2. The fourth-order valence-electron chi connectivity index (χ4n) is 6.18. The van der Waals surface area contributed by atoms with Gasteiger partial charge in [0.25, 0.3) is 11.8 Å². The maximum atomic E-state index is 14.6. The van der Waals surface area contributed by atoms with Crippen molar-refractivity contribution in [1.29, 1.82) is 0 Å². The van der Waals surface area contributed by atoms with E-state index in [1.807, 2.05) is 12.1 Å². The quantitative estimate of drug-likeness (QED) is 0.452. The Morgan fingerprint density at radius 1 is 1.02 bits per heavy atom. The molecule has 2 atom stereocenters. The van der Waals surface area contributed by atoms with E-state index in [-0.39, 0.29) is 43.7 Å². The Balaban J connectivity index is 1.25. The van der Waals surface area contributed by atoms with Gasteiger partial charge in [-0.25, -0.2) is 4.39 Å². The maximum Gasteiger partial charge on any atom is 0.258 e. The lowest BCUT2D eigenvalue weighted by Gasteiger charge is -2.39. The zero-order valence-electron chi connectivity index (χ0n) is 25.3. The molecule has 0 spiro atoms. The number of amides is 3. The van der Waals surface area contributed by atoms with E-state index in [0.717, 1.165) is 42.5 Å². The number of fused-ring (bicyclic) bond motifs is 6. The molecule has 11 heteroatoms. The number of carbonyl (C=O) groups is 3. The summed E-state index contributed by atoms with van der Waals surface area (Å²) in [4.78, 5) is 45.7. The molecule has 2 aliphatic heterocycles. The van der Waals surface area contributed by atoms with E-state index in [9.17, 15) is 18.8 Å². The van der Waals surface area contributed by atoms with Crippen LogP contribution in [0.3, 0.4) is 0 Å². The molecule has 1 aromatic heterocycles. The molecule has 2 N–H and O–H groups in total. The van der Waals surface area contributed by atoms with E-state index in [1.54, 1.807) is 29.3 Å². The number of nitrogens with one attached hydrogen (secondary N) is 2. The van der Waals surface area contributed by atoms with Crippen LogP contribution >= 0.6 is 0 Å². The van der Waals surface area contributed by atoms with E-state index in [1.165, 1.54) is 19.2 Å². The minimum absolute atomic E-state index is 0.131. The van der Waals surface area contributed by atoms with Crippen molar-refractivity contribution >= 4 is 17.7 Å². The number of likely N-dealkylation sites (tertiary alicyclic amines) is 1. The number of ether oxygens (including phenoxy) is 3. The molecule has 3 heterocycles. The number of rotatable bonds is 2. The van der Waals surface area contributed by atoms with Crippen LogP contribution in [0, 0.1) is 5.82 Å². The van der Waals surface area contributed by atoms with Crippen LogP contribution in [0.25, 0.3) is 0 Å². The molecule has 10 nitrogen and oxygen atoms in total. The van der Waals surface area contributed by atoms with Crippen LogP contribution in [0.2, 0.25) is 0 Å². The third-order valence-electron chi connectivity index (χ3n) is 8.54. The standard InChI is InChI=1S/C34H37FN4O6/c1-43-30-8-6-21-7-9-32(40)37-17-22-12-25(35)16-26(13-22)45-29-10-11-39(19-28(29)38-33(41)20-44-31(30)14-21)34(42)24-15-23-4-2-3-5-27(23)36-18-24/h6,8,12-16,18,28-29H,2-5,7,9-11,17,19-20H2,1H3,(H,37,40)(H,38,41)/t28-,29-/m1/s1. The molecule has 3 aliphatic rings. The smallest absolute Gasteiger partial charge is 0.258 e. The second kappa shape index (κ2) is 13.5. The summed E-state index contributed by atoms with van der Waals surface area (Å²) < 4.78 is 32.2. The molecular weight excluding hydrogens is 579 g/mol. The second-order valence-corrected chi connectivity index (χ2v) is 11.8. The first kappa shape index (κ1) is 30.4. The topological polar surface area (TPSA) is 119 Å². The molecule has 6 rings (SSSR count). The van der Waals surface area contributed by atoms with Gasteiger partial charge in [0.1, 0.15) is 17.7 Å². The van der Waals surface area contributed by atoms with Crippen molar-refractivity contribution in [1.82, 2.24) is 20.5 Å². The fourth-order valence-corrected chi connectivity index (χ4v) is 6.18. The molecule has 1 aliphatic carbocycles. The predicted octanol–water partition coefficient (Wildman–Crippen LogP) is 3.53. The normalized spacial score (nSPS) is 20.5. The molecule has 1 saturated heterocycles. The van der Waals surface area contributed by atoms with E-state index in [2.05, 4.69) is 15.6 Å². The van der Waals surface area contributed by atoms with Crippen LogP contribution in [-0.4, -0.2) is 66.6 Å². The minimum atomic E-state index is -0.608. The highest BCUT2D eigenvalue weighted by molar-refractivity contribution is 5.94. The Labute approximate surface area is 261 Å². The molecule has 236 valence electrons. The molecule has 3 aromatic rings. The van der Waals surface area contributed by atoms with E-state index in [0.29, 0.717) is 42.0 Å². The van der Waals surface area contributed by atoms with Crippen molar-refractivity contribution in [2.75, 3.05) is 26.8 Å². The molecular formula is C34H37FN4O6. The number of hydrogen-bond acceptors (Lipinski definition) is 7. The van der Waals surface area contributed by atoms with Gasteiger partial charge in [-0.3, -0.25) is 19.4 Å². The third kappa shape index (κ3) is 7.35. The van der Waals surface area contributed by atoms with Crippen molar-refractivity contribution in [3.8, 4) is 17.2 Å². The summed E-state index contributed by atoms with van der Waals surface area (Å²) in [5, 5.41) is 5.84. The molecule has 4 bridgehead atoms. The molecule has 0 saturated carbocycles. The number of hydrogen-bond donors (Lipinski definition) is 2. The zero-order chi connectivity index (χ0) is 31.3. The lowest BCUT2D eigenvalue weighted by atomic mass is 9.94. The van der Waals surface area contributed by atoms with E-state index in [4.69, 9.17) is 14.2 Å². The number of nitrogens with zero attached hydrogens (tertiary/aromatic N) is 2. The van der Waals surface area contributed by atoms with Gasteiger partial charge in [0, 0.05) is 50.4 Å². The summed E-state index contributed by atoms with van der Waals surface area (Å²) in [5.74, 6) is -0.147. The second-order valence-electron chi connectivity index (χ2n) is 11.8. The van der Waals surface area contributed by atoms with Crippen molar-refractivity contribution in [3.63, 3.8) is 0 Å². The van der Waals surface area contributed by atoms with Gasteiger partial charge in [-0.2, -0.15) is 0 Å². The van der Waals surface area contributed by atoms with Gasteiger partial charge >= 0.3 is 0 Å². The van der Waals surface area contributed by atoms with Gasteiger partial charge in [-0.05, 0) is 79.1 Å². The van der Waals surface area contributed by atoms with Crippen molar-refractivity contribution in [3.05, 3.63) is 82.4 Å². The highest BCUT2D eigenvalue weighted by Crippen LogP contribution is 2.29. The number of halogens is 1. The molecule has 0 radical (unpaired) electrons. The number of piperidine rings is 1. The van der Waals surface area contributed by atoms with Crippen molar-refractivity contribution < 1.29 is 33.0 Å². The number of aromatic nitrogens is 1. The first-order valence-electron chi connectivity index (χ1n) is 15.4. The van der Waals surface area contributed by atoms with Gasteiger partial charge in [0.15, 0.2) is 18.1 Å². The monoisotopic (exact) mass is 616 g/mol. The molecule has 3 amide bonds. The number of methoxy groups -OCH3 is 1. The highest BCUT2D eigenvalue weighted by atomic mass is 19.1. The number of pyridine rings is 1. The first-order chi connectivity index (χ1) is 21.8. The zero-order valence-corrected chi connectivity index (χ0v) is 25.3. The minimum Gasteiger partial charge on any atom is -0.493 e. The summed E-state index contributed by atoms with van der Waals surface area (Å²) >= 11 is 0. The summed E-state index contributed by atoms with van der Waals surface area (Å²) in [5.41, 5.74) is 4.07. The number of aryl methyl sites for hydroxylation is 3.